The van der Waals surface area contributed by atoms with Crippen molar-refractivity contribution in [2.24, 2.45) is 0 Å². The molecule has 2 aromatic heterocycles. The van der Waals surface area contributed by atoms with Gasteiger partial charge in [-0.2, -0.15) is 20.1 Å². The molecule has 0 bridgehead atoms. The van der Waals surface area contributed by atoms with E-state index in [1.807, 2.05) is 0 Å². The minimum Gasteiger partial charge on any atom is -0.207 e. The number of nitrogens with zero attached hydrogens (tertiary/aromatic N) is 5. The molecule has 3 aromatic rings. The Bertz CT molecular complexity index is 781. The number of hydrogen-bond donors (Lipinski definition) is 0. The minimum atomic E-state index is -0.697. The molecule has 1 aromatic carbocycles. The summed E-state index contributed by atoms with van der Waals surface area (Å²) in [5.74, 6) is -1.13. The molecule has 0 amide bonds. The first-order chi connectivity index (χ1) is 10.1. The maximum absolute atomic E-state index is 13.6. The highest BCUT2D eigenvalue weighted by Gasteiger charge is 2.11. The molecule has 3 rings (SSSR count). The quantitative estimate of drug-likeness (QED) is 0.740. The molecule has 0 aliphatic rings. The molecule has 0 aliphatic carbocycles. The summed E-state index contributed by atoms with van der Waals surface area (Å²) in [7, 11) is 0. The van der Waals surface area contributed by atoms with Crippen molar-refractivity contribution in [1.82, 2.24) is 24.7 Å². The van der Waals surface area contributed by atoms with E-state index in [1.54, 1.807) is 18.5 Å². The van der Waals surface area contributed by atoms with Crippen LogP contribution < -0.4 is 0 Å². The topological polar surface area (TPSA) is 56.5 Å². The second kappa shape index (κ2) is 5.74. The Morgan fingerprint density at radius 1 is 1.14 bits per heavy atom. The molecule has 21 heavy (non-hydrogen) atoms. The highest BCUT2D eigenvalue weighted by atomic mass is 35.5. The van der Waals surface area contributed by atoms with Crippen LogP contribution >= 0.6 is 23.4 Å². The van der Waals surface area contributed by atoms with Crippen LogP contribution in [0.4, 0.5) is 8.78 Å². The monoisotopic (exact) mass is 325 g/mol. The lowest BCUT2D eigenvalue weighted by Gasteiger charge is -2.04. The Labute approximate surface area is 127 Å². The third-order valence-electron chi connectivity index (χ3n) is 2.38. The van der Waals surface area contributed by atoms with Crippen molar-refractivity contribution in [2.75, 3.05) is 0 Å². The summed E-state index contributed by atoms with van der Waals surface area (Å²) >= 11 is 6.75. The van der Waals surface area contributed by atoms with Gasteiger partial charge >= 0.3 is 0 Å². The fourth-order valence-electron chi connectivity index (χ4n) is 1.51. The van der Waals surface area contributed by atoms with Gasteiger partial charge in [0, 0.05) is 18.5 Å². The van der Waals surface area contributed by atoms with E-state index >= 15 is 0 Å². The molecule has 0 spiro atoms. The van der Waals surface area contributed by atoms with E-state index in [0.29, 0.717) is 0 Å². The van der Waals surface area contributed by atoms with Gasteiger partial charge in [-0.05, 0) is 41.6 Å². The zero-order valence-electron chi connectivity index (χ0n) is 10.2. The van der Waals surface area contributed by atoms with Crippen LogP contribution in [-0.2, 0) is 0 Å². The van der Waals surface area contributed by atoms with Gasteiger partial charge in [-0.1, -0.05) is 0 Å². The van der Waals surface area contributed by atoms with Gasteiger partial charge in [-0.15, -0.1) is 0 Å². The summed E-state index contributed by atoms with van der Waals surface area (Å²) in [5.41, 5.74) is 0. The lowest BCUT2D eigenvalue weighted by molar-refractivity contribution is 0.565. The average Bonchev–Trinajstić information content (AvgIpc) is 2.95. The van der Waals surface area contributed by atoms with Crippen molar-refractivity contribution >= 4 is 23.4 Å². The van der Waals surface area contributed by atoms with Gasteiger partial charge in [0.1, 0.15) is 11.6 Å². The summed E-state index contributed by atoms with van der Waals surface area (Å²) in [6.07, 6.45) is 3.20. The van der Waals surface area contributed by atoms with Gasteiger partial charge in [0.15, 0.2) is 5.16 Å². The van der Waals surface area contributed by atoms with Crippen LogP contribution in [0, 0.1) is 11.6 Å². The van der Waals surface area contributed by atoms with Crippen LogP contribution in [0.15, 0.2) is 46.7 Å². The Balaban J connectivity index is 1.95. The first kappa shape index (κ1) is 13.9. The Hall–Kier alpha value is -2.06. The summed E-state index contributed by atoms with van der Waals surface area (Å²) in [4.78, 5) is 12.2. The van der Waals surface area contributed by atoms with Crippen LogP contribution in [-0.4, -0.2) is 24.7 Å². The predicted octanol–water partition coefficient (Wildman–Crippen LogP) is 3.14. The molecule has 0 saturated heterocycles. The van der Waals surface area contributed by atoms with Crippen LogP contribution in [0.1, 0.15) is 0 Å². The zero-order chi connectivity index (χ0) is 14.8. The first-order valence-electron chi connectivity index (χ1n) is 5.66. The van der Waals surface area contributed by atoms with Crippen molar-refractivity contribution in [3.05, 3.63) is 53.6 Å². The molecule has 0 aliphatic heterocycles. The average molecular weight is 326 g/mol. The van der Waals surface area contributed by atoms with E-state index in [1.165, 1.54) is 10.7 Å². The van der Waals surface area contributed by atoms with Crippen LogP contribution in [0.25, 0.3) is 5.95 Å². The van der Waals surface area contributed by atoms with E-state index in [2.05, 4.69) is 20.1 Å². The summed E-state index contributed by atoms with van der Waals surface area (Å²) < 4.78 is 27.9. The molecule has 0 unspecified atom stereocenters. The summed E-state index contributed by atoms with van der Waals surface area (Å²) in [5, 5.41) is 4.12. The minimum absolute atomic E-state index is 0.0412. The normalized spacial score (nSPS) is 10.8. The lowest BCUT2D eigenvalue weighted by atomic mass is 10.3. The van der Waals surface area contributed by atoms with Gasteiger partial charge in [0.2, 0.25) is 5.28 Å². The molecule has 0 fully saturated rings. The van der Waals surface area contributed by atoms with Crippen molar-refractivity contribution in [1.29, 1.82) is 0 Å². The van der Waals surface area contributed by atoms with E-state index in [-0.39, 0.29) is 21.3 Å². The molecule has 2 heterocycles. The fraction of sp³-hybridized carbons (Fsp3) is 0. The molecule has 106 valence electrons. The molecule has 5 nitrogen and oxygen atoms in total. The number of aromatic nitrogens is 5. The second-order valence-electron chi connectivity index (χ2n) is 3.81. The van der Waals surface area contributed by atoms with Crippen molar-refractivity contribution in [2.45, 2.75) is 10.1 Å². The van der Waals surface area contributed by atoms with Gasteiger partial charge in [0.05, 0.1) is 4.90 Å². The van der Waals surface area contributed by atoms with Crippen LogP contribution in [0.3, 0.4) is 0 Å². The number of halogens is 3. The fourth-order valence-corrected chi connectivity index (χ4v) is 2.47. The summed E-state index contributed by atoms with van der Waals surface area (Å²) in [6.45, 7) is 0. The molecular weight excluding hydrogens is 320 g/mol. The Kier molecular flexibility index (Phi) is 3.80. The van der Waals surface area contributed by atoms with Crippen molar-refractivity contribution < 1.29 is 8.78 Å². The molecule has 9 heteroatoms. The highest BCUT2D eigenvalue weighted by Crippen LogP contribution is 2.28. The van der Waals surface area contributed by atoms with Gasteiger partial charge in [-0.25, -0.2) is 13.5 Å². The molecule has 0 saturated carbocycles. The molecule has 0 radical (unpaired) electrons. The summed E-state index contributed by atoms with van der Waals surface area (Å²) in [6, 6.07) is 4.95. The van der Waals surface area contributed by atoms with Crippen LogP contribution in [0.5, 0.6) is 0 Å². The highest BCUT2D eigenvalue weighted by molar-refractivity contribution is 7.99. The van der Waals surface area contributed by atoms with Gasteiger partial charge < -0.3 is 0 Å². The van der Waals surface area contributed by atoms with E-state index in [9.17, 15) is 8.78 Å². The van der Waals surface area contributed by atoms with E-state index in [4.69, 9.17) is 11.6 Å². The standard InChI is InChI=1S/C12H6ClF2N5S/c13-10-17-11(20-5-1-4-16-20)19-12(18-10)21-9-3-2-7(14)6-8(9)15/h1-6H. The molecule has 0 N–H and O–H groups in total. The Morgan fingerprint density at radius 2 is 2.00 bits per heavy atom. The zero-order valence-corrected chi connectivity index (χ0v) is 11.8. The SMILES string of the molecule is Fc1ccc(Sc2nc(Cl)nc(-n3cccn3)n2)c(F)c1. The van der Waals surface area contributed by atoms with Crippen molar-refractivity contribution in [3.8, 4) is 5.95 Å². The second-order valence-corrected chi connectivity index (χ2v) is 5.16. The molecular formula is C12H6ClF2N5S. The molecule has 0 atom stereocenters. The Morgan fingerprint density at radius 3 is 2.71 bits per heavy atom. The smallest absolute Gasteiger partial charge is 0.207 e. The third-order valence-corrected chi connectivity index (χ3v) is 3.47. The van der Waals surface area contributed by atoms with Gasteiger partial charge in [0.25, 0.3) is 5.95 Å². The predicted molar refractivity (Wildman–Crippen MR) is 72.4 cm³/mol. The lowest BCUT2D eigenvalue weighted by Crippen LogP contribution is -2.04. The van der Waals surface area contributed by atoms with Crippen molar-refractivity contribution in [3.63, 3.8) is 0 Å². The first-order valence-corrected chi connectivity index (χ1v) is 6.86. The number of benzene rings is 1. The van der Waals surface area contributed by atoms with E-state index < -0.39 is 11.6 Å². The maximum atomic E-state index is 13.6. The maximum Gasteiger partial charge on any atom is 0.255 e. The van der Waals surface area contributed by atoms with Gasteiger partial charge in [-0.3, -0.25) is 0 Å². The number of hydrogen-bond acceptors (Lipinski definition) is 5. The number of rotatable bonds is 3. The largest absolute Gasteiger partial charge is 0.255 e. The third kappa shape index (κ3) is 3.17. The van der Waals surface area contributed by atoms with E-state index in [0.717, 1.165) is 23.9 Å². The van der Waals surface area contributed by atoms with Crippen LogP contribution in [0.2, 0.25) is 5.28 Å².